The molecule has 0 radical (unpaired) electrons. The average Bonchev–Trinajstić information content (AvgIpc) is 3.00. The van der Waals surface area contributed by atoms with E-state index in [2.05, 4.69) is 22.5 Å². The van der Waals surface area contributed by atoms with E-state index in [1.54, 1.807) is 6.20 Å². The number of nitrogens with one attached hydrogen (secondary N) is 1. The number of aromatic nitrogens is 2. The van der Waals surface area contributed by atoms with Crippen LogP contribution in [0.3, 0.4) is 0 Å². The Labute approximate surface area is 135 Å². The third kappa shape index (κ3) is 3.31. The molecular weight excluding hydrogens is 286 g/mol. The first-order valence-electron chi connectivity index (χ1n) is 7.73. The number of hydrogen-bond acceptors (Lipinski definition) is 2. The highest BCUT2D eigenvalue weighted by atomic mass is 16.1. The number of carbonyl (C=O) groups excluding carboxylic acids is 1. The first kappa shape index (κ1) is 15.0. The van der Waals surface area contributed by atoms with Crippen LogP contribution in [-0.2, 0) is 6.54 Å². The third-order valence-electron chi connectivity index (χ3n) is 3.64. The molecule has 1 N–H and O–H groups in total. The second kappa shape index (κ2) is 6.92. The highest BCUT2D eigenvalue weighted by Gasteiger charge is 2.18. The Morgan fingerprint density at radius 1 is 1.04 bits per heavy atom. The highest BCUT2D eigenvalue weighted by Crippen LogP contribution is 2.24. The molecule has 4 nitrogen and oxygen atoms in total. The van der Waals surface area contributed by atoms with Crippen LogP contribution < -0.4 is 5.32 Å². The summed E-state index contributed by atoms with van der Waals surface area (Å²) in [6, 6.07) is 20.0. The summed E-state index contributed by atoms with van der Waals surface area (Å²) < 4.78 is 1.88. The van der Waals surface area contributed by atoms with Crippen molar-refractivity contribution < 1.29 is 4.79 Å². The lowest BCUT2D eigenvalue weighted by molar-refractivity contribution is 0.0956. The van der Waals surface area contributed by atoms with E-state index in [9.17, 15) is 4.79 Å². The van der Waals surface area contributed by atoms with E-state index in [1.807, 2.05) is 60.1 Å². The van der Waals surface area contributed by atoms with Gasteiger partial charge in [0.05, 0.1) is 24.0 Å². The van der Waals surface area contributed by atoms with Crippen LogP contribution in [-0.4, -0.2) is 22.2 Å². The zero-order valence-corrected chi connectivity index (χ0v) is 13.1. The average molecular weight is 305 g/mol. The summed E-state index contributed by atoms with van der Waals surface area (Å²) in [5.41, 5.74) is 3.59. The van der Waals surface area contributed by atoms with E-state index < -0.39 is 0 Å². The number of amides is 1. The summed E-state index contributed by atoms with van der Waals surface area (Å²) in [7, 11) is 0. The predicted octanol–water partition coefficient (Wildman–Crippen LogP) is 3.35. The van der Waals surface area contributed by atoms with Crippen LogP contribution in [0.4, 0.5) is 0 Å². The lowest BCUT2D eigenvalue weighted by Gasteiger charge is -2.10. The molecule has 1 heterocycles. The molecular formula is C19H19N3O. The molecule has 3 aromatic rings. The van der Waals surface area contributed by atoms with Gasteiger partial charge in [0.2, 0.25) is 0 Å². The van der Waals surface area contributed by atoms with Gasteiger partial charge in [-0.25, -0.2) is 0 Å². The Balaban J connectivity index is 2.04. The summed E-state index contributed by atoms with van der Waals surface area (Å²) in [5, 5.41) is 7.30. The lowest BCUT2D eigenvalue weighted by atomic mass is 10.1. The molecule has 1 amide bonds. The second-order valence-electron chi connectivity index (χ2n) is 5.28. The van der Waals surface area contributed by atoms with Gasteiger partial charge >= 0.3 is 0 Å². The van der Waals surface area contributed by atoms with Crippen molar-refractivity contribution >= 4 is 5.91 Å². The van der Waals surface area contributed by atoms with Gasteiger partial charge in [-0.05, 0) is 12.5 Å². The van der Waals surface area contributed by atoms with Crippen LogP contribution in [0.15, 0.2) is 66.9 Å². The van der Waals surface area contributed by atoms with Gasteiger partial charge in [-0.2, -0.15) is 5.10 Å². The summed E-state index contributed by atoms with van der Waals surface area (Å²) in [5.74, 6) is -0.0920. The fourth-order valence-electron chi connectivity index (χ4n) is 2.58. The number of benzene rings is 2. The summed E-state index contributed by atoms with van der Waals surface area (Å²) in [4.78, 5) is 12.3. The van der Waals surface area contributed by atoms with E-state index >= 15 is 0 Å². The van der Waals surface area contributed by atoms with Crippen molar-refractivity contribution in [3.8, 4) is 11.3 Å². The summed E-state index contributed by atoms with van der Waals surface area (Å²) in [6.45, 7) is 3.13. The minimum atomic E-state index is -0.0920. The number of hydrogen-bond donors (Lipinski definition) is 1. The summed E-state index contributed by atoms with van der Waals surface area (Å²) in [6.07, 6.45) is 1.65. The van der Waals surface area contributed by atoms with Gasteiger partial charge in [0.15, 0.2) is 0 Å². The highest BCUT2D eigenvalue weighted by molar-refractivity contribution is 5.99. The minimum absolute atomic E-state index is 0.0920. The monoisotopic (exact) mass is 305 g/mol. The Kier molecular flexibility index (Phi) is 4.52. The van der Waals surface area contributed by atoms with Crippen LogP contribution in [0.25, 0.3) is 11.3 Å². The van der Waals surface area contributed by atoms with Crippen LogP contribution in [0.1, 0.15) is 22.8 Å². The van der Waals surface area contributed by atoms with Crippen molar-refractivity contribution in [2.24, 2.45) is 0 Å². The molecule has 0 saturated heterocycles. The molecule has 0 fully saturated rings. The van der Waals surface area contributed by atoms with E-state index in [4.69, 9.17) is 0 Å². The molecule has 1 aromatic heterocycles. The third-order valence-corrected chi connectivity index (χ3v) is 3.64. The zero-order valence-electron chi connectivity index (χ0n) is 13.1. The van der Waals surface area contributed by atoms with Crippen molar-refractivity contribution in [2.75, 3.05) is 6.54 Å². The molecule has 0 saturated carbocycles. The van der Waals surface area contributed by atoms with Crippen LogP contribution >= 0.6 is 0 Å². The Bertz CT molecular complexity index is 779. The smallest absolute Gasteiger partial charge is 0.255 e. The van der Waals surface area contributed by atoms with Gasteiger partial charge in [0, 0.05) is 12.1 Å². The molecule has 0 unspecified atom stereocenters. The predicted molar refractivity (Wildman–Crippen MR) is 91.2 cm³/mol. The molecule has 0 aliphatic carbocycles. The van der Waals surface area contributed by atoms with Crippen molar-refractivity contribution in [1.29, 1.82) is 0 Å². The molecule has 0 bridgehead atoms. The SMILES string of the molecule is CCNC(=O)c1cnn(Cc2ccccc2)c1-c1ccccc1. The quantitative estimate of drug-likeness (QED) is 0.786. The van der Waals surface area contributed by atoms with Crippen LogP contribution in [0.2, 0.25) is 0 Å². The minimum Gasteiger partial charge on any atom is -0.352 e. The van der Waals surface area contributed by atoms with E-state index in [1.165, 1.54) is 0 Å². The topological polar surface area (TPSA) is 46.9 Å². The molecule has 2 aromatic carbocycles. The second-order valence-corrected chi connectivity index (χ2v) is 5.28. The van der Waals surface area contributed by atoms with Gasteiger partial charge in [0.25, 0.3) is 5.91 Å². The maximum Gasteiger partial charge on any atom is 0.255 e. The number of carbonyl (C=O) groups is 1. The van der Waals surface area contributed by atoms with Crippen molar-refractivity contribution in [3.05, 3.63) is 78.0 Å². The largest absolute Gasteiger partial charge is 0.352 e. The van der Waals surface area contributed by atoms with Gasteiger partial charge < -0.3 is 5.32 Å². The van der Waals surface area contributed by atoms with Gasteiger partial charge in [0.1, 0.15) is 0 Å². The normalized spacial score (nSPS) is 10.5. The molecule has 0 aliphatic rings. The van der Waals surface area contributed by atoms with Crippen molar-refractivity contribution in [3.63, 3.8) is 0 Å². The number of nitrogens with zero attached hydrogens (tertiary/aromatic N) is 2. The molecule has 0 spiro atoms. The fraction of sp³-hybridized carbons (Fsp3) is 0.158. The molecule has 23 heavy (non-hydrogen) atoms. The zero-order chi connectivity index (χ0) is 16.1. The maximum absolute atomic E-state index is 12.3. The van der Waals surface area contributed by atoms with Crippen molar-refractivity contribution in [1.82, 2.24) is 15.1 Å². The molecule has 116 valence electrons. The lowest BCUT2D eigenvalue weighted by Crippen LogP contribution is -2.23. The standard InChI is InChI=1S/C19H19N3O/c1-2-20-19(23)17-13-21-22(14-15-9-5-3-6-10-15)18(17)16-11-7-4-8-12-16/h3-13H,2,14H2,1H3,(H,20,23). The Morgan fingerprint density at radius 3 is 2.35 bits per heavy atom. The van der Waals surface area contributed by atoms with Gasteiger partial charge in [-0.3, -0.25) is 9.48 Å². The first-order chi connectivity index (χ1) is 11.3. The van der Waals surface area contributed by atoms with E-state index in [-0.39, 0.29) is 5.91 Å². The van der Waals surface area contributed by atoms with Crippen LogP contribution in [0.5, 0.6) is 0 Å². The molecule has 3 rings (SSSR count). The van der Waals surface area contributed by atoms with E-state index in [0.29, 0.717) is 18.7 Å². The number of rotatable bonds is 5. The summed E-state index contributed by atoms with van der Waals surface area (Å²) >= 11 is 0. The maximum atomic E-state index is 12.3. The molecule has 4 heteroatoms. The Morgan fingerprint density at radius 2 is 1.70 bits per heavy atom. The Hall–Kier alpha value is -2.88. The van der Waals surface area contributed by atoms with Gasteiger partial charge in [-0.15, -0.1) is 0 Å². The first-order valence-corrected chi connectivity index (χ1v) is 7.73. The fourth-order valence-corrected chi connectivity index (χ4v) is 2.58. The molecule has 0 atom stereocenters. The van der Waals surface area contributed by atoms with Crippen LogP contribution in [0, 0.1) is 0 Å². The van der Waals surface area contributed by atoms with E-state index in [0.717, 1.165) is 16.8 Å². The van der Waals surface area contributed by atoms with Crippen molar-refractivity contribution in [2.45, 2.75) is 13.5 Å². The molecule has 0 aliphatic heterocycles. The van der Waals surface area contributed by atoms with Gasteiger partial charge in [-0.1, -0.05) is 60.7 Å².